The monoisotopic (exact) mass is 287 g/mol. The topological polar surface area (TPSA) is 46.2 Å². The molecule has 0 atom stereocenters. The number of hydrogen-bond donors (Lipinski definition) is 1. The molecule has 2 rings (SSSR count). The highest BCUT2D eigenvalue weighted by atomic mass is 16.1. The van der Waals surface area contributed by atoms with Crippen LogP contribution in [-0.2, 0) is 4.79 Å². The highest BCUT2D eigenvalue weighted by Gasteiger charge is 2.41. The van der Waals surface area contributed by atoms with Crippen LogP contribution in [0.4, 0.5) is 5.69 Å². The van der Waals surface area contributed by atoms with Crippen molar-refractivity contribution < 1.29 is 9.59 Å². The third kappa shape index (κ3) is 3.72. The van der Waals surface area contributed by atoms with Crippen LogP contribution in [0.15, 0.2) is 24.3 Å². The third-order valence-electron chi connectivity index (χ3n) is 4.31. The number of ketones is 1. The SMILES string of the molecule is CC(=O)Nc1ccc(C(=O)C2(CC(C)C)CCCC2)cc1. The summed E-state index contributed by atoms with van der Waals surface area (Å²) in [6.45, 7) is 5.86. The summed E-state index contributed by atoms with van der Waals surface area (Å²) < 4.78 is 0. The Bertz CT molecular complexity index is 511. The second-order valence-corrected chi connectivity index (χ2v) is 6.67. The van der Waals surface area contributed by atoms with Gasteiger partial charge in [0.2, 0.25) is 5.91 Å². The molecule has 3 nitrogen and oxygen atoms in total. The Labute approximate surface area is 127 Å². The summed E-state index contributed by atoms with van der Waals surface area (Å²) in [5.74, 6) is 0.718. The van der Waals surface area contributed by atoms with Gasteiger partial charge in [0.05, 0.1) is 0 Å². The van der Waals surface area contributed by atoms with E-state index in [4.69, 9.17) is 0 Å². The summed E-state index contributed by atoms with van der Waals surface area (Å²) in [6.07, 6.45) is 5.30. The van der Waals surface area contributed by atoms with Gasteiger partial charge in [-0.25, -0.2) is 0 Å². The van der Waals surface area contributed by atoms with Crippen molar-refractivity contribution in [3.05, 3.63) is 29.8 Å². The van der Waals surface area contributed by atoms with Gasteiger partial charge in [-0.05, 0) is 49.4 Å². The number of nitrogens with one attached hydrogen (secondary N) is 1. The highest BCUT2D eigenvalue weighted by Crippen LogP contribution is 2.45. The summed E-state index contributed by atoms with van der Waals surface area (Å²) in [5, 5.41) is 2.73. The van der Waals surface area contributed by atoms with Crippen molar-refractivity contribution in [3.8, 4) is 0 Å². The fourth-order valence-corrected chi connectivity index (χ4v) is 3.57. The molecule has 0 aromatic heterocycles. The predicted molar refractivity (Wildman–Crippen MR) is 85.4 cm³/mol. The quantitative estimate of drug-likeness (QED) is 0.814. The summed E-state index contributed by atoms with van der Waals surface area (Å²) in [7, 11) is 0. The Morgan fingerprint density at radius 2 is 1.71 bits per heavy atom. The predicted octanol–water partition coefficient (Wildman–Crippen LogP) is 4.43. The summed E-state index contributed by atoms with van der Waals surface area (Å²) in [6, 6.07) is 7.31. The molecule has 0 bridgehead atoms. The maximum absolute atomic E-state index is 13.0. The van der Waals surface area contributed by atoms with Crippen molar-refractivity contribution in [2.24, 2.45) is 11.3 Å². The van der Waals surface area contributed by atoms with Gasteiger partial charge < -0.3 is 5.32 Å². The van der Waals surface area contributed by atoms with Crippen LogP contribution in [0.2, 0.25) is 0 Å². The molecule has 1 fully saturated rings. The maximum atomic E-state index is 13.0. The van der Waals surface area contributed by atoms with E-state index in [1.54, 1.807) is 0 Å². The van der Waals surface area contributed by atoms with Crippen molar-refractivity contribution in [3.63, 3.8) is 0 Å². The second kappa shape index (κ2) is 6.42. The number of anilines is 1. The minimum absolute atomic E-state index is 0.0962. The van der Waals surface area contributed by atoms with Crippen molar-refractivity contribution in [2.45, 2.75) is 52.9 Å². The lowest BCUT2D eigenvalue weighted by molar-refractivity contribution is -0.114. The number of Topliss-reactive ketones (excluding diaryl/α,β-unsaturated/α-hetero) is 1. The van der Waals surface area contributed by atoms with Crippen LogP contribution in [0.25, 0.3) is 0 Å². The summed E-state index contributed by atoms with van der Waals surface area (Å²) in [5.41, 5.74) is 1.35. The zero-order chi connectivity index (χ0) is 15.5. The fourth-order valence-electron chi connectivity index (χ4n) is 3.57. The first-order valence-electron chi connectivity index (χ1n) is 7.85. The van der Waals surface area contributed by atoms with Gasteiger partial charge in [-0.2, -0.15) is 0 Å². The highest BCUT2D eigenvalue weighted by molar-refractivity contribution is 6.01. The molecule has 1 amide bonds. The van der Waals surface area contributed by atoms with E-state index < -0.39 is 0 Å². The lowest BCUT2D eigenvalue weighted by Gasteiger charge is -2.29. The smallest absolute Gasteiger partial charge is 0.221 e. The first-order valence-corrected chi connectivity index (χ1v) is 7.85. The van der Waals surface area contributed by atoms with E-state index in [0.717, 1.165) is 43.4 Å². The molecule has 1 aliphatic carbocycles. The van der Waals surface area contributed by atoms with E-state index in [-0.39, 0.29) is 17.1 Å². The van der Waals surface area contributed by atoms with Crippen molar-refractivity contribution in [1.29, 1.82) is 0 Å². The van der Waals surface area contributed by atoms with Crippen molar-refractivity contribution in [1.82, 2.24) is 0 Å². The molecule has 1 saturated carbocycles. The largest absolute Gasteiger partial charge is 0.326 e. The van der Waals surface area contributed by atoms with E-state index in [0.29, 0.717) is 5.92 Å². The van der Waals surface area contributed by atoms with Crippen LogP contribution in [0.3, 0.4) is 0 Å². The molecule has 0 radical (unpaired) electrons. The van der Waals surface area contributed by atoms with Gasteiger partial charge >= 0.3 is 0 Å². The lowest BCUT2D eigenvalue weighted by Crippen LogP contribution is -2.30. The van der Waals surface area contributed by atoms with Gasteiger partial charge in [0, 0.05) is 23.6 Å². The zero-order valence-corrected chi connectivity index (χ0v) is 13.2. The fraction of sp³-hybridized carbons (Fsp3) is 0.556. The second-order valence-electron chi connectivity index (χ2n) is 6.67. The maximum Gasteiger partial charge on any atom is 0.221 e. The molecule has 0 aliphatic heterocycles. The van der Waals surface area contributed by atoms with Crippen molar-refractivity contribution >= 4 is 17.4 Å². The van der Waals surface area contributed by atoms with Crippen LogP contribution < -0.4 is 5.32 Å². The van der Waals surface area contributed by atoms with Crippen LogP contribution in [-0.4, -0.2) is 11.7 Å². The molecule has 1 aliphatic rings. The first-order chi connectivity index (χ1) is 9.93. The van der Waals surface area contributed by atoms with Crippen molar-refractivity contribution in [2.75, 3.05) is 5.32 Å². The Morgan fingerprint density at radius 3 is 2.19 bits per heavy atom. The van der Waals surface area contributed by atoms with Gasteiger partial charge in [0.15, 0.2) is 5.78 Å². The average Bonchev–Trinajstić information content (AvgIpc) is 2.87. The molecule has 1 N–H and O–H groups in total. The molecule has 0 saturated heterocycles. The molecule has 0 heterocycles. The summed E-state index contributed by atoms with van der Waals surface area (Å²) >= 11 is 0. The van der Waals surface area contributed by atoms with E-state index in [2.05, 4.69) is 19.2 Å². The standard InChI is InChI=1S/C18H25NO2/c1-13(2)12-18(10-4-5-11-18)17(21)15-6-8-16(9-7-15)19-14(3)20/h6-9,13H,4-5,10-12H2,1-3H3,(H,19,20). The van der Waals surface area contributed by atoms with Crippen LogP contribution in [0.5, 0.6) is 0 Å². The van der Waals surface area contributed by atoms with Gasteiger partial charge in [-0.1, -0.05) is 26.7 Å². The van der Waals surface area contributed by atoms with E-state index in [9.17, 15) is 9.59 Å². The Hall–Kier alpha value is -1.64. The Morgan fingerprint density at radius 1 is 1.14 bits per heavy atom. The van der Waals surface area contributed by atoms with Gasteiger partial charge in [-0.3, -0.25) is 9.59 Å². The van der Waals surface area contributed by atoms with Crippen LogP contribution in [0.1, 0.15) is 63.2 Å². The van der Waals surface area contributed by atoms with Crippen LogP contribution in [0, 0.1) is 11.3 Å². The number of hydrogen-bond acceptors (Lipinski definition) is 2. The van der Waals surface area contributed by atoms with E-state index in [1.807, 2.05) is 24.3 Å². The molecule has 0 spiro atoms. The number of carbonyl (C=O) groups excluding carboxylic acids is 2. The van der Waals surface area contributed by atoms with E-state index in [1.165, 1.54) is 6.92 Å². The van der Waals surface area contributed by atoms with Gasteiger partial charge in [0.25, 0.3) is 0 Å². The molecular weight excluding hydrogens is 262 g/mol. The first kappa shape index (κ1) is 15.7. The molecule has 21 heavy (non-hydrogen) atoms. The van der Waals surface area contributed by atoms with Crippen LogP contribution >= 0.6 is 0 Å². The molecule has 1 aromatic carbocycles. The zero-order valence-electron chi connectivity index (χ0n) is 13.2. The van der Waals surface area contributed by atoms with Gasteiger partial charge in [-0.15, -0.1) is 0 Å². The molecule has 1 aromatic rings. The number of carbonyl (C=O) groups is 2. The van der Waals surface area contributed by atoms with E-state index >= 15 is 0 Å². The number of benzene rings is 1. The lowest BCUT2D eigenvalue weighted by atomic mass is 9.73. The molecule has 114 valence electrons. The number of amides is 1. The number of rotatable bonds is 5. The minimum Gasteiger partial charge on any atom is -0.326 e. The third-order valence-corrected chi connectivity index (χ3v) is 4.31. The Kier molecular flexibility index (Phi) is 4.81. The normalized spacial score (nSPS) is 17.0. The van der Waals surface area contributed by atoms with Gasteiger partial charge in [0.1, 0.15) is 0 Å². The Balaban J connectivity index is 2.19. The molecule has 3 heteroatoms. The molecule has 0 unspecified atom stereocenters. The molecular formula is C18H25NO2. The summed E-state index contributed by atoms with van der Waals surface area (Å²) in [4.78, 5) is 24.0. The minimum atomic E-state index is -0.163. The average molecular weight is 287 g/mol.